The SMILES string of the molecule is NC1CCN(CC(=O)NCCN2CCCC2)CC1. The fourth-order valence-electron chi connectivity index (χ4n) is 2.73. The van der Waals surface area contributed by atoms with Crippen molar-refractivity contribution in [2.75, 3.05) is 45.8 Å². The van der Waals surface area contributed by atoms with Gasteiger partial charge in [-0.2, -0.15) is 0 Å². The molecule has 5 nitrogen and oxygen atoms in total. The molecule has 18 heavy (non-hydrogen) atoms. The summed E-state index contributed by atoms with van der Waals surface area (Å²) in [5, 5.41) is 3.01. The van der Waals surface area contributed by atoms with Gasteiger partial charge in [-0.05, 0) is 38.8 Å². The predicted octanol–water partition coefficient (Wildman–Crippen LogP) is -0.378. The van der Waals surface area contributed by atoms with Crippen molar-refractivity contribution < 1.29 is 4.79 Å². The summed E-state index contributed by atoms with van der Waals surface area (Å²) in [6.45, 7) is 6.62. The summed E-state index contributed by atoms with van der Waals surface area (Å²) in [7, 11) is 0. The average molecular weight is 254 g/mol. The van der Waals surface area contributed by atoms with Gasteiger partial charge in [-0.15, -0.1) is 0 Å². The maximum absolute atomic E-state index is 11.8. The lowest BCUT2D eigenvalue weighted by Crippen LogP contribution is -2.45. The first-order valence-corrected chi connectivity index (χ1v) is 7.21. The lowest BCUT2D eigenvalue weighted by Gasteiger charge is -2.29. The third-order valence-corrected chi connectivity index (χ3v) is 3.95. The van der Waals surface area contributed by atoms with E-state index in [2.05, 4.69) is 15.1 Å². The average Bonchev–Trinajstić information content (AvgIpc) is 2.85. The second kappa shape index (κ2) is 7.07. The number of hydrogen-bond donors (Lipinski definition) is 2. The lowest BCUT2D eigenvalue weighted by molar-refractivity contribution is -0.122. The fourth-order valence-corrected chi connectivity index (χ4v) is 2.73. The summed E-state index contributed by atoms with van der Waals surface area (Å²) in [6.07, 6.45) is 4.64. The maximum atomic E-state index is 11.8. The van der Waals surface area contributed by atoms with Crippen LogP contribution in [0.25, 0.3) is 0 Å². The van der Waals surface area contributed by atoms with Gasteiger partial charge in [0.1, 0.15) is 0 Å². The molecule has 0 aromatic rings. The molecule has 0 bridgehead atoms. The minimum Gasteiger partial charge on any atom is -0.354 e. The number of nitrogens with two attached hydrogens (primary N) is 1. The Bertz CT molecular complexity index is 258. The summed E-state index contributed by atoms with van der Waals surface area (Å²) in [5.74, 6) is 0.157. The van der Waals surface area contributed by atoms with E-state index >= 15 is 0 Å². The maximum Gasteiger partial charge on any atom is 0.234 e. The molecule has 0 radical (unpaired) electrons. The van der Waals surface area contributed by atoms with Crippen molar-refractivity contribution in [3.8, 4) is 0 Å². The molecule has 2 aliphatic rings. The zero-order valence-electron chi connectivity index (χ0n) is 11.2. The summed E-state index contributed by atoms with van der Waals surface area (Å²) in [6, 6.07) is 0.333. The molecule has 2 rings (SSSR count). The minimum atomic E-state index is 0.157. The normalized spacial score (nSPS) is 23.4. The van der Waals surface area contributed by atoms with Gasteiger partial charge in [0.2, 0.25) is 5.91 Å². The highest BCUT2D eigenvalue weighted by Crippen LogP contribution is 2.07. The zero-order chi connectivity index (χ0) is 12.8. The largest absolute Gasteiger partial charge is 0.354 e. The molecule has 0 atom stereocenters. The number of hydrogen-bond acceptors (Lipinski definition) is 4. The smallest absolute Gasteiger partial charge is 0.234 e. The van der Waals surface area contributed by atoms with Gasteiger partial charge in [-0.3, -0.25) is 9.69 Å². The number of likely N-dealkylation sites (tertiary alicyclic amines) is 2. The van der Waals surface area contributed by atoms with Crippen LogP contribution < -0.4 is 11.1 Å². The Labute approximate surface area is 110 Å². The topological polar surface area (TPSA) is 61.6 Å². The first-order chi connectivity index (χ1) is 8.74. The van der Waals surface area contributed by atoms with Crippen LogP contribution in [-0.4, -0.2) is 67.6 Å². The van der Waals surface area contributed by atoms with Crippen molar-refractivity contribution in [1.29, 1.82) is 0 Å². The third kappa shape index (κ3) is 4.55. The number of nitrogens with zero attached hydrogens (tertiary/aromatic N) is 2. The molecule has 3 N–H and O–H groups in total. The summed E-state index contributed by atoms with van der Waals surface area (Å²) in [4.78, 5) is 16.4. The summed E-state index contributed by atoms with van der Waals surface area (Å²) in [5.41, 5.74) is 5.85. The highest BCUT2D eigenvalue weighted by atomic mass is 16.2. The van der Waals surface area contributed by atoms with E-state index < -0.39 is 0 Å². The van der Waals surface area contributed by atoms with E-state index in [0.29, 0.717) is 12.6 Å². The van der Waals surface area contributed by atoms with Gasteiger partial charge in [-0.25, -0.2) is 0 Å². The van der Waals surface area contributed by atoms with Crippen molar-refractivity contribution in [3.63, 3.8) is 0 Å². The van der Waals surface area contributed by atoms with E-state index in [4.69, 9.17) is 5.73 Å². The highest BCUT2D eigenvalue weighted by Gasteiger charge is 2.18. The Morgan fingerprint density at radius 3 is 2.44 bits per heavy atom. The second-order valence-electron chi connectivity index (χ2n) is 5.51. The van der Waals surface area contributed by atoms with Crippen LogP contribution in [0.2, 0.25) is 0 Å². The number of piperidine rings is 1. The summed E-state index contributed by atoms with van der Waals surface area (Å²) >= 11 is 0. The number of carbonyl (C=O) groups is 1. The molecule has 0 spiro atoms. The molecule has 5 heteroatoms. The fraction of sp³-hybridized carbons (Fsp3) is 0.923. The molecule has 0 saturated carbocycles. The number of rotatable bonds is 5. The standard InChI is InChI=1S/C13H26N4O/c14-12-3-8-17(9-4-12)11-13(18)15-5-10-16-6-1-2-7-16/h12H,1-11,14H2,(H,15,18). The Morgan fingerprint density at radius 2 is 1.78 bits per heavy atom. The highest BCUT2D eigenvalue weighted by molar-refractivity contribution is 5.78. The van der Waals surface area contributed by atoms with Crippen molar-refractivity contribution in [2.45, 2.75) is 31.7 Å². The van der Waals surface area contributed by atoms with Crippen molar-refractivity contribution in [3.05, 3.63) is 0 Å². The van der Waals surface area contributed by atoms with Crippen LogP contribution in [0.3, 0.4) is 0 Å². The van der Waals surface area contributed by atoms with E-state index in [9.17, 15) is 4.79 Å². The van der Waals surface area contributed by atoms with Crippen LogP contribution in [0, 0.1) is 0 Å². The van der Waals surface area contributed by atoms with Crippen molar-refractivity contribution >= 4 is 5.91 Å². The quantitative estimate of drug-likeness (QED) is 0.702. The van der Waals surface area contributed by atoms with Gasteiger partial charge >= 0.3 is 0 Å². The Balaban J connectivity index is 1.54. The molecule has 0 aromatic heterocycles. The molecule has 0 unspecified atom stereocenters. The van der Waals surface area contributed by atoms with Crippen LogP contribution in [0.1, 0.15) is 25.7 Å². The van der Waals surface area contributed by atoms with Gasteiger partial charge in [0, 0.05) is 32.2 Å². The van der Waals surface area contributed by atoms with E-state index in [1.807, 2.05) is 0 Å². The van der Waals surface area contributed by atoms with E-state index in [1.54, 1.807) is 0 Å². The Kier molecular flexibility index (Phi) is 5.41. The van der Waals surface area contributed by atoms with Gasteiger partial charge in [0.05, 0.1) is 6.54 Å². The summed E-state index contributed by atoms with van der Waals surface area (Å²) < 4.78 is 0. The molecule has 2 heterocycles. The molecule has 2 saturated heterocycles. The zero-order valence-corrected chi connectivity index (χ0v) is 11.2. The van der Waals surface area contributed by atoms with Crippen LogP contribution >= 0.6 is 0 Å². The van der Waals surface area contributed by atoms with E-state index in [0.717, 1.165) is 39.0 Å². The number of amides is 1. The van der Waals surface area contributed by atoms with Crippen LogP contribution in [0.4, 0.5) is 0 Å². The molecule has 2 fully saturated rings. The van der Waals surface area contributed by atoms with Crippen LogP contribution in [0.5, 0.6) is 0 Å². The number of carbonyl (C=O) groups excluding carboxylic acids is 1. The molecule has 1 amide bonds. The molecular formula is C13H26N4O. The molecular weight excluding hydrogens is 228 g/mol. The molecule has 0 aromatic carbocycles. The predicted molar refractivity (Wildman–Crippen MR) is 72.3 cm³/mol. The van der Waals surface area contributed by atoms with Crippen LogP contribution in [-0.2, 0) is 4.79 Å². The lowest BCUT2D eigenvalue weighted by atomic mass is 10.1. The second-order valence-corrected chi connectivity index (χ2v) is 5.51. The third-order valence-electron chi connectivity index (χ3n) is 3.95. The first kappa shape index (κ1) is 13.8. The molecule has 0 aliphatic carbocycles. The number of nitrogens with one attached hydrogen (secondary N) is 1. The van der Waals surface area contributed by atoms with Crippen molar-refractivity contribution in [1.82, 2.24) is 15.1 Å². The van der Waals surface area contributed by atoms with Crippen LogP contribution in [0.15, 0.2) is 0 Å². The van der Waals surface area contributed by atoms with Gasteiger partial charge in [0.25, 0.3) is 0 Å². The van der Waals surface area contributed by atoms with E-state index in [1.165, 1.54) is 25.9 Å². The first-order valence-electron chi connectivity index (χ1n) is 7.21. The molecule has 104 valence electrons. The minimum absolute atomic E-state index is 0.157. The Morgan fingerprint density at radius 1 is 1.11 bits per heavy atom. The van der Waals surface area contributed by atoms with Gasteiger partial charge < -0.3 is 16.0 Å². The Hall–Kier alpha value is -0.650. The van der Waals surface area contributed by atoms with E-state index in [-0.39, 0.29) is 5.91 Å². The van der Waals surface area contributed by atoms with Gasteiger partial charge in [-0.1, -0.05) is 0 Å². The molecule has 2 aliphatic heterocycles. The monoisotopic (exact) mass is 254 g/mol. The van der Waals surface area contributed by atoms with Crippen molar-refractivity contribution in [2.24, 2.45) is 5.73 Å². The van der Waals surface area contributed by atoms with Gasteiger partial charge in [0.15, 0.2) is 0 Å².